The minimum Gasteiger partial charge on any atom is -0.497 e. The zero-order valence-corrected chi connectivity index (χ0v) is 16.1. The Balaban J connectivity index is 1.56. The van der Waals surface area contributed by atoms with Crippen LogP contribution in [0, 0.1) is 6.92 Å². The number of carbonyl (C=O) groups excluding carboxylic acids is 2. The van der Waals surface area contributed by atoms with E-state index < -0.39 is 5.97 Å². The Morgan fingerprint density at radius 3 is 2.21 bits per heavy atom. The van der Waals surface area contributed by atoms with E-state index >= 15 is 0 Å². The van der Waals surface area contributed by atoms with Gasteiger partial charge in [0.15, 0.2) is 0 Å². The van der Waals surface area contributed by atoms with Gasteiger partial charge >= 0.3 is 5.97 Å². The summed E-state index contributed by atoms with van der Waals surface area (Å²) in [6.07, 6.45) is 1.52. The molecule has 0 bridgehead atoms. The molecule has 0 aliphatic heterocycles. The van der Waals surface area contributed by atoms with E-state index in [0.717, 1.165) is 11.1 Å². The molecular formula is C23H20N2O4. The summed E-state index contributed by atoms with van der Waals surface area (Å²) >= 11 is 0. The van der Waals surface area contributed by atoms with Crippen molar-refractivity contribution < 1.29 is 19.1 Å². The highest BCUT2D eigenvalue weighted by atomic mass is 16.5. The van der Waals surface area contributed by atoms with Crippen LogP contribution in [0.3, 0.4) is 0 Å². The molecule has 6 nitrogen and oxygen atoms in total. The molecule has 0 saturated carbocycles. The number of amides is 1. The van der Waals surface area contributed by atoms with Crippen LogP contribution < -0.4 is 14.9 Å². The van der Waals surface area contributed by atoms with Gasteiger partial charge in [0.05, 0.1) is 18.9 Å². The van der Waals surface area contributed by atoms with E-state index in [0.29, 0.717) is 22.6 Å². The van der Waals surface area contributed by atoms with Crippen LogP contribution in [-0.2, 0) is 0 Å². The van der Waals surface area contributed by atoms with E-state index in [9.17, 15) is 9.59 Å². The first-order valence-electron chi connectivity index (χ1n) is 8.92. The number of nitrogens with one attached hydrogen (secondary N) is 1. The van der Waals surface area contributed by atoms with Gasteiger partial charge in [-0.05, 0) is 72.6 Å². The average Bonchev–Trinajstić information content (AvgIpc) is 2.75. The molecule has 3 aromatic carbocycles. The van der Waals surface area contributed by atoms with Crippen LogP contribution in [0.25, 0.3) is 0 Å². The molecule has 1 amide bonds. The number of esters is 1. The number of aryl methyl sites for hydroxylation is 1. The minimum atomic E-state index is -0.459. The number of hydrazone groups is 1. The molecular weight excluding hydrogens is 368 g/mol. The van der Waals surface area contributed by atoms with Gasteiger partial charge in [0, 0.05) is 5.56 Å². The number of carbonyl (C=O) groups is 2. The summed E-state index contributed by atoms with van der Waals surface area (Å²) in [5, 5.41) is 3.97. The molecule has 3 aromatic rings. The minimum absolute atomic E-state index is 0.274. The highest BCUT2D eigenvalue weighted by molar-refractivity contribution is 5.96. The van der Waals surface area contributed by atoms with Crippen LogP contribution in [0.5, 0.6) is 11.5 Å². The van der Waals surface area contributed by atoms with E-state index in [2.05, 4.69) is 10.5 Å². The van der Waals surface area contributed by atoms with Gasteiger partial charge in [-0.1, -0.05) is 18.2 Å². The molecule has 0 unspecified atom stereocenters. The lowest BCUT2D eigenvalue weighted by Crippen LogP contribution is -2.18. The number of benzene rings is 3. The molecule has 0 fully saturated rings. The summed E-state index contributed by atoms with van der Waals surface area (Å²) < 4.78 is 10.4. The average molecular weight is 388 g/mol. The summed E-state index contributed by atoms with van der Waals surface area (Å²) in [7, 11) is 1.56. The first kappa shape index (κ1) is 19.8. The van der Waals surface area contributed by atoms with Gasteiger partial charge in [-0.3, -0.25) is 4.79 Å². The quantitative estimate of drug-likeness (QED) is 0.300. The van der Waals surface area contributed by atoms with Crippen molar-refractivity contribution in [1.82, 2.24) is 5.43 Å². The van der Waals surface area contributed by atoms with Crippen molar-refractivity contribution in [3.05, 3.63) is 95.1 Å². The molecule has 0 saturated heterocycles. The maximum atomic E-state index is 12.2. The van der Waals surface area contributed by atoms with Gasteiger partial charge in [-0.25, -0.2) is 10.2 Å². The Labute approximate surface area is 168 Å². The third-order valence-electron chi connectivity index (χ3n) is 4.19. The normalized spacial score (nSPS) is 10.6. The van der Waals surface area contributed by atoms with Gasteiger partial charge in [0.2, 0.25) is 0 Å². The second-order valence-corrected chi connectivity index (χ2v) is 6.20. The molecule has 6 heteroatoms. The Hall–Kier alpha value is -3.93. The predicted molar refractivity (Wildman–Crippen MR) is 111 cm³/mol. The first-order valence-corrected chi connectivity index (χ1v) is 8.92. The van der Waals surface area contributed by atoms with Crippen molar-refractivity contribution >= 4 is 18.1 Å². The number of rotatable bonds is 6. The Kier molecular flexibility index (Phi) is 6.37. The van der Waals surface area contributed by atoms with Gasteiger partial charge in [0.25, 0.3) is 5.91 Å². The molecule has 29 heavy (non-hydrogen) atoms. The molecule has 0 heterocycles. The third-order valence-corrected chi connectivity index (χ3v) is 4.19. The lowest BCUT2D eigenvalue weighted by Gasteiger charge is -2.06. The fraction of sp³-hybridized carbons (Fsp3) is 0.0870. The fourth-order valence-corrected chi connectivity index (χ4v) is 2.57. The summed E-state index contributed by atoms with van der Waals surface area (Å²) in [6, 6.07) is 20.7. The highest BCUT2D eigenvalue weighted by Crippen LogP contribution is 2.16. The van der Waals surface area contributed by atoms with E-state index in [-0.39, 0.29) is 5.91 Å². The standard InChI is InChI=1S/C23H20N2O4/c1-16-5-3-4-6-21(16)22(26)25-24-15-17-7-11-20(12-8-17)29-23(27)18-9-13-19(28-2)14-10-18/h3-15H,1-2H3,(H,25,26)/b24-15+. The van der Waals surface area contributed by atoms with Crippen molar-refractivity contribution in [3.8, 4) is 11.5 Å². The van der Waals surface area contributed by atoms with Crippen LogP contribution in [-0.4, -0.2) is 25.2 Å². The highest BCUT2D eigenvalue weighted by Gasteiger charge is 2.09. The van der Waals surface area contributed by atoms with Gasteiger partial charge < -0.3 is 9.47 Å². The van der Waals surface area contributed by atoms with Crippen LogP contribution in [0.1, 0.15) is 31.8 Å². The molecule has 146 valence electrons. The Bertz CT molecular complexity index is 1030. The van der Waals surface area contributed by atoms with E-state index in [4.69, 9.17) is 9.47 Å². The van der Waals surface area contributed by atoms with Crippen LogP contribution in [0.4, 0.5) is 0 Å². The zero-order valence-electron chi connectivity index (χ0n) is 16.1. The third kappa shape index (κ3) is 5.29. The topological polar surface area (TPSA) is 77.0 Å². The van der Waals surface area contributed by atoms with Crippen molar-refractivity contribution in [1.29, 1.82) is 0 Å². The maximum absolute atomic E-state index is 12.2. The van der Waals surface area contributed by atoms with Crippen LogP contribution >= 0.6 is 0 Å². The van der Waals surface area contributed by atoms with E-state index in [1.165, 1.54) is 6.21 Å². The molecule has 0 spiro atoms. The molecule has 1 N–H and O–H groups in total. The molecule has 0 atom stereocenters. The molecule has 0 aliphatic carbocycles. The van der Waals surface area contributed by atoms with Crippen molar-refractivity contribution in [2.45, 2.75) is 6.92 Å². The Morgan fingerprint density at radius 1 is 0.897 bits per heavy atom. The van der Waals surface area contributed by atoms with Gasteiger partial charge in [-0.2, -0.15) is 5.10 Å². The summed E-state index contributed by atoms with van der Waals surface area (Å²) in [5.74, 6) is 0.343. The first-order chi connectivity index (χ1) is 14.1. The number of ether oxygens (including phenoxy) is 2. The fourth-order valence-electron chi connectivity index (χ4n) is 2.57. The van der Waals surface area contributed by atoms with E-state index in [1.54, 1.807) is 67.8 Å². The number of nitrogens with zero attached hydrogens (tertiary/aromatic N) is 1. The van der Waals surface area contributed by atoms with E-state index in [1.807, 2.05) is 19.1 Å². The monoisotopic (exact) mass is 388 g/mol. The number of methoxy groups -OCH3 is 1. The summed E-state index contributed by atoms with van der Waals surface area (Å²) in [6.45, 7) is 1.87. The second kappa shape index (κ2) is 9.32. The number of hydrogen-bond acceptors (Lipinski definition) is 5. The molecule has 0 aliphatic rings. The molecule has 0 radical (unpaired) electrons. The SMILES string of the molecule is COc1ccc(C(=O)Oc2ccc(/C=N/NC(=O)c3ccccc3C)cc2)cc1. The van der Waals surface area contributed by atoms with Gasteiger partial charge in [0.1, 0.15) is 11.5 Å². The maximum Gasteiger partial charge on any atom is 0.343 e. The van der Waals surface area contributed by atoms with Crippen LogP contribution in [0.15, 0.2) is 77.9 Å². The van der Waals surface area contributed by atoms with Crippen molar-refractivity contribution in [2.24, 2.45) is 5.10 Å². The lowest BCUT2D eigenvalue weighted by molar-refractivity contribution is 0.0734. The second-order valence-electron chi connectivity index (χ2n) is 6.20. The largest absolute Gasteiger partial charge is 0.497 e. The smallest absolute Gasteiger partial charge is 0.343 e. The summed E-state index contributed by atoms with van der Waals surface area (Å²) in [4.78, 5) is 24.3. The molecule has 3 rings (SSSR count). The summed E-state index contributed by atoms with van der Waals surface area (Å²) in [5.41, 5.74) is 5.13. The number of hydrogen-bond donors (Lipinski definition) is 1. The lowest BCUT2D eigenvalue weighted by atomic mass is 10.1. The predicted octanol–water partition coefficient (Wildman–Crippen LogP) is 3.99. The van der Waals surface area contributed by atoms with Crippen LogP contribution in [0.2, 0.25) is 0 Å². The Morgan fingerprint density at radius 2 is 1.55 bits per heavy atom. The van der Waals surface area contributed by atoms with Gasteiger partial charge in [-0.15, -0.1) is 0 Å². The van der Waals surface area contributed by atoms with Crippen molar-refractivity contribution in [3.63, 3.8) is 0 Å². The molecule has 0 aromatic heterocycles. The zero-order chi connectivity index (χ0) is 20.6. The van der Waals surface area contributed by atoms with Crippen molar-refractivity contribution in [2.75, 3.05) is 7.11 Å².